The predicted octanol–water partition coefficient (Wildman–Crippen LogP) is 2.63. The molecule has 0 saturated carbocycles. The van der Waals surface area contributed by atoms with E-state index in [-0.39, 0.29) is 6.04 Å². The van der Waals surface area contributed by atoms with Crippen molar-refractivity contribution in [1.82, 2.24) is 4.90 Å². The number of nitrogens with zero attached hydrogens (tertiary/aromatic N) is 2. The van der Waals surface area contributed by atoms with Crippen molar-refractivity contribution in [2.45, 2.75) is 38.8 Å². The molecule has 0 spiro atoms. The van der Waals surface area contributed by atoms with E-state index >= 15 is 0 Å². The van der Waals surface area contributed by atoms with Crippen LogP contribution in [0.1, 0.15) is 38.3 Å². The maximum Gasteiger partial charge on any atom is 0.0414 e. The van der Waals surface area contributed by atoms with Gasteiger partial charge in [0.05, 0.1) is 0 Å². The second-order valence-electron chi connectivity index (χ2n) is 5.75. The molecule has 2 atom stereocenters. The number of benzene rings is 1. The van der Waals surface area contributed by atoms with Gasteiger partial charge in [-0.3, -0.25) is 0 Å². The van der Waals surface area contributed by atoms with Crippen LogP contribution >= 0.6 is 0 Å². The number of rotatable bonds is 3. The molecule has 1 saturated heterocycles. The zero-order valence-electron chi connectivity index (χ0n) is 12.5. The summed E-state index contributed by atoms with van der Waals surface area (Å²) in [6, 6.07) is 9.53. The van der Waals surface area contributed by atoms with E-state index in [0.29, 0.717) is 6.04 Å². The summed E-state index contributed by atoms with van der Waals surface area (Å²) in [5.74, 6) is 0. The summed E-state index contributed by atoms with van der Waals surface area (Å²) >= 11 is 0. The van der Waals surface area contributed by atoms with E-state index in [1.807, 2.05) is 6.92 Å². The maximum absolute atomic E-state index is 5.92. The summed E-state index contributed by atoms with van der Waals surface area (Å²) in [6.45, 7) is 7.83. The van der Waals surface area contributed by atoms with E-state index < -0.39 is 0 Å². The lowest BCUT2D eigenvalue weighted by molar-refractivity contribution is 0.328. The molecule has 1 aliphatic rings. The minimum absolute atomic E-state index is 0.117. The monoisotopic (exact) mass is 261 g/mol. The van der Waals surface area contributed by atoms with Crippen molar-refractivity contribution in [3.63, 3.8) is 0 Å². The molecule has 0 aliphatic carbocycles. The van der Waals surface area contributed by atoms with E-state index in [0.717, 1.165) is 13.1 Å². The van der Waals surface area contributed by atoms with Gasteiger partial charge in [0.1, 0.15) is 0 Å². The second kappa shape index (κ2) is 6.40. The van der Waals surface area contributed by atoms with Crippen molar-refractivity contribution < 1.29 is 0 Å². The van der Waals surface area contributed by atoms with Crippen LogP contribution in [0.5, 0.6) is 0 Å². The quantitative estimate of drug-likeness (QED) is 0.908. The van der Waals surface area contributed by atoms with Gasteiger partial charge < -0.3 is 15.5 Å². The van der Waals surface area contributed by atoms with Crippen LogP contribution in [0.4, 0.5) is 5.69 Å². The minimum Gasteiger partial charge on any atom is -0.367 e. The van der Waals surface area contributed by atoms with E-state index in [1.54, 1.807) is 0 Å². The highest BCUT2D eigenvalue weighted by molar-refractivity contribution is 5.49. The molecule has 2 rings (SSSR count). The summed E-state index contributed by atoms with van der Waals surface area (Å²) < 4.78 is 0. The van der Waals surface area contributed by atoms with E-state index in [1.165, 1.54) is 30.6 Å². The van der Waals surface area contributed by atoms with Crippen LogP contribution in [0.15, 0.2) is 24.3 Å². The Morgan fingerprint density at radius 1 is 1.26 bits per heavy atom. The normalized spacial score (nSPS) is 23.2. The van der Waals surface area contributed by atoms with Gasteiger partial charge in [0.2, 0.25) is 0 Å². The molecule has 1 aliphatic heterocycles. The molecular weight excluding hydrogens is 234 g/mol. The topological polar surface area (TPSA) is 32.5 Å². The molecule has 106 valence electrons. The van der Waals surface area contributed by atoms with E-state index in [4.69, 9.17) is 5.73 Å². The second-order valence-corrected chi connectivity index (χ2v) is 5.75. The molecule has 0 bridgehead atoms. The van der Waals surface area contributed by atoms with Gasteiger partial charge >= 0.3 is 0 Å². The Morgan fingerprint density at radius 3 is 2.53 bits per heavy atom. The molecule has 1 aromatic carbocycles. The highest BCUT2D eigenvalue weighted by Gasteiger charge is 2.22. The summed E-state index contributed by atoms with van der Waals surface area (Å²) in [5.41, 5.74) is 8.47. The first kappa shape index (κ1) is 14.4. The van der Waals surface area contributed by atoms with Gasteiger partial charge in [0.15, 0.2) is 0 Å². The Balaban J connectivity index is 2.17. The van der Waals surface area contributed by atoms with E-state index in [9.17, 15) is 0 Å². The first-order valence-corrected chi connectivity index (χ1v) is 7.42. The van der Waals surface area contributed by atoms with Crippen molar-refractivity contribution in [3.8, 4) is 0 Å². The van der Waals surface area contributed by atoms with Crippen LogP contribution in [-0.4, -0.2) is 37.6 Å². The largest absolute Gasteiger partial charge is 0.367 e. The first-order chi connectivity index (χ1) is 9.11. The average molecular weight is 261 g/mol. The molecule has 2 unspecified atom stereocenters. The van der Waals surface area contributed by atoms with Crippen LogP contribution in [0.25, 0.3) is 0 Å². The van der Waals surface area contributed by atoms with Crippen molar-refractivity contribution >= 4 is 5.69 Å². The van der Waals surface area contributed by atoms with Crippen LogP contribution in [0.2, 0.25) is 0 Å². The van der Waals surface area contributed by atoms with Gasteiger partial charge in [-0.05, 0) is 51.1 Å². The SMILES string of the molecule is CCC1CN(C)CCCN1c1ccc(C(C)N)cc1. The molecular formula is C16H27N3. The number of likely N-dealkylation sites (N-methyl/N-ethyl adjacent to an activating group) is 1. The predicted molar refractivity (Wildman–Crippen MR) is 82.6 cm³/mol. The molecule has 1 heterocycles. The van der Waals surface area contributed by atoms with E-state index in [2.05, 4.69) is 48.0 Å². The summed E-state index contributed by atoms with van der Waals surface area (Å²) in [7, 11) is 2.23. The zero-order valence-corrected chi connectivity index (χ0v) is 12.5. The Morgan fingerprint density at radius 2 is 1.95 bits per heavy atom. The van der Waals surface area contributed by atoms with Crippen molar-refractivity contribution in [1.29, 1.82) is 0 Å². The van der Waals surface area contributed by atoms with Gasteiger partial charge in [-0.1, -0.05) is 19.1 Å². The molecule has 3 heteroatoms. The fourth-order valence-electron chi connectivity index (χ4n) is 2.90. The Hall–Kier alpha value is -1.06. The summed E-state index contributed by atoms with van der Waals surface area (Å²) in [6.07, 6.45) is 2.43. The van der Waals surface area contributed by atoms with Gasteiger partial charge in [0.25, 0.3) is 0 Å². The lowest BCUT2D eigenvalue weighted by Crippen LogP contribution is -2.39. The Kier molecular flexibility index (Phi) is 4.83. The molecule has 3 nitrogen and oxygen atoms in total. The first-order valence-electron chi connectivity index (χ1n) is 7.42. The van der Waals surface area contributed by atoms with Gasteiger partial charge in [-0.15, -0.1) is 0 Å². The lowest BCUT2D eigenvalue weighted by atomic mass is 10.1. The smallest absolute Gasteiger partial charge is 0.0414 e. The Bertz CT molecular complexity index is 385. The highest BCUT2D eigenvalue weighted by Crippen LogP contribution is 2.23. The molecule has 1 aromatic rings. The zero-order chi connectivity index (χ0) is 13.8. The molecule has 19 heavy (non-hydrogen) atoms. The minimum atomic E-state index is 0.117. The molecule has 1 fully saturated rings. The van der Waals surface area contributed by atoms with Crippen molar-refractivity contribution in [2.24, 2.45) is 5.73 Å². The number of anilines is 1. The highest BCUT2D eigenvalue weighted by atomic mass is 15.2. The third kappa shape index (κ3) is 3.48. The van der Waals surface area contributed by atoms with Crippen molar-refractivity contribution in [2.75, 3.05) is 31.6 Å². The van der Waals surface area contributed by atoms with Crippen LogP contribution in [-0.2, 0) is 0 Å². The number of hydrogen-bond acceptors (Lipinski definition) is 3. The molecule has 2 N–H and O–H groups in total. The van der Waals surface area contributed by atoms with Crippen LogP contribution in [0.3, 0.4) is 0 Å². The van der Waals surface area contributed by atoms with Gasteiger partial charge in [-0.2, -0.15) is 0 Å². The fraction of sp³-hybridized carbons (Fsp3) is 0.625. The molecule has 0 radical (unpaired) electrons. The van der Waals surface area contributed by atoms with Gasteiger partial charge in [-0.25, -0.2) is 0 Å². The third-order valence-corrected chi connectivity index (χ3v) is 4.12. The van der Waals surface area contributed by atoms with Gasteiger partial charge in [0, 0.05) is 30.9 Å². The summed E-state index contributed by atoms with van der Waals surface area (Å²) in [4.78, 5) is 5.01. The standard InChI is InChI=1S/C16H27N3/c1-4-15-12-18(3)10-5-11-19(15)16-8-6-14(7-9-16)13(2)17/h6-9,13,15H,4-5,10-12,17H2,1-3H3. The van der Waals surface area contributed by atoms with Crippen molar-refractivity contribution in [3.05, 3.63) is 29.8 Å². The Labute approximate surface area is 117 Å². The van der Waals surface area contributed by atoms with Crippen LogP contribution in [0, 0.1) is 0 Å². The number of nitrogens with two attached hydrogens (primary N) is 1. The van der Waals surface area contributed by atoms with Crippen LogP contribution < -0.4 is 10.6 Å². The number of hydrogen-bond donors (Lipinski definition) is 1. The molecule has 0 amide bonds. The fourth-order valence-corrected chi connectivity index (χ4v) is 2.90. The third-order valence-electron chi connectivity index (χ3n) is 4.12. The summed E-state index contributed by atoms with van der Waals surface area (Å²) in [5, 5.41) is 0. The maximum atomic E-state index is 5.92. The average Bonchev–Trinajstić information content (AvgIpc) is 2.60. The molecule has 0 aromatic heterocycles. The lowest BCUT2D eigenvalue weighted by Gasteiger charge is -2.32.